The fraction of sp³-hybridized carbons (Fsp3) is 0.278. The van der Waals surface area contributed by atoms with Gasteiger partial charge in [-0.25, -0.2) is 4.39 Å². The van der Waals surface area contributed by atoms with Gasteiger partial charge in [-0.15, -0.1) is 0 Å². The Morgan fingerprint density at radius 1 is 1.12 bits per heavy atom. The first-order chi connectivity index (χ1) is 12.3. The van der Waals surface area contributed by atoms with Crippen LogP contribution in [0.4, 0.5) is 17.6 Å². The van der Waals surface area contributed by atoms with E-state index in [1.807, 2.05) is 0 Å². The molecule has 0 unspecified atom stereocenters. The third kappa shape index (κ3) is 5.45. The highest BCUT2D eigenvalue weighted by Crippen LogP contribution is 2.29. The first-order valence-corrected chi connectivity index (χ1v) is 7.88. The molecule has 0 saturated heterocycles. The minimum atomic E-state index is -4.38. The van der Waals surface area contributed by atoms with Crippen molar-refractivity contribution >= 4 is 5.91 Å². The lowest BCUT2D eigenvalue weighted by Crippen LogP contribution is -2.26. The van der Waals surface area contributed by atoms with Gasteiger partial charge in [0.2, 0.25) is 0 Å². The number of hydrogen-bond acceptors (Lipinski definition) is 3. The summed E-state index contributed by atoms with van der Waals surface area (Å²) in [4.78, 5) is 12.2. The van der Waals surface area contributed by atoms with E-state index in [1.54, 1.807) is 0 Å². The van der Waals surface area contributed by atoms with Crippen LogP contribution in [0.25, 0.3) is 0 Å². The van der Waals surface area contributed by atoms with Crippen molar-refractivity contribution in [1.29, 1.82) is 0 Å². The molecule has 0 atom stereocenters. The van der Waals surface area contributed by atoms with Crippen LogP contribution in [-0.4, -0.2) is 25.6 Å². The Bertz CT molecular complexity index is 746. The quantitative estimate of drug-likeness (QED) is 0.736. The first-order valence-electron chi connectivity index (χ1n) is 7.88. The number of carbonyl (C=O) groups excluding carboxylic acids is 1. The molecule has 0 aliphatic rings. The van der Waals surface area contributed by atoms with E-state index in [4.69, 9.17) is 10.5 Å². The van der Waals surface area contributed by atoms with Gasteiger partial charge >= 0.3 is 6.18 Å². The lowest BCUT2D eigenvalue weighted by Gasteiger charge is -2.12. The van der Waals surface area contributed by atoms with Crippen LogP contribution in [-0.2, 0) is 12.6 Å². The van der Waals surface area contributed by atoms with Crippen molar-refractivity contribution in [2.75, 3.05) is 19.7 Å². The fourth-order valence-corrected chi connectivity index (χ4v) is 2.25. The molecule has 3 N–H and O–H groups in total. The van der Waals surface area contributed by atoms with Crippen LogP contribution in [0.3, 0.4) is 0 Å². The molecule has 0 radical (unpaired) electrons. The van der Waals surface area contributed by atoms with Crippen LogP contribution in [0.1, 0.15) is 21.5 Å². The van der Waals surface area contributed by atoms with Gasteiger partial charge in [0.15, 0.2) is 0 Å². The third-order valence-electron chi connectivity index (χ3n) is 3.54. The first kappa shape index (κ1) is 19.7. The summed E-state index contributed by atoms with van der Waals surface area (Å²) < 4.78 is 56.3. The summed E-state index contributed by atoms with van der Waals surface area (Å²) in [6.45, 7) is 0.598. The van der Waals surface area contributed by atoms with Gasteiger partial charge in [-0.05, 0) is 42.3 Å². The van der Waals surface area contributed by atoms with Crippen molar-refractivity contribution in [3.8, 4) is 5.75 Å². The molecule has 2 aromatic rings. The van der Waals surface area contributed by atoms with Gasteiger partial charge in [-0.3, -0.25) is 4.79 Å². The molecule has 1 amide bonds. The summed E-state index contributed by atoms with van der Waals surface area (Å²) in [7, 11) is 0. The summed E-state index contributed by atoms with van der Waals surface area (Å²) in [5.74, 6) is -0.912. The minimum absolute atomic E-state index is 0.0332. The summed E-state index contributed by atoms with van der Waals surface area (Å²) in [5.41, 5.74) is 5.28. The number of rotatable bonds is 7. The maximum Gasteiger partial charge on any atom is 0.416 e. The Hall–Kier alpha value is -2.61. The number of nitrogens with one attached hydrogen (secondary N) is 1. The summed E-state index contributed by atoms with van der Waals surface area (Å²) >= 11 is 0. The number of ether oxygens (including phenoxy) is 1. The number of benzene rings is 2. The van der Waals surface area contributed by atoms with Gasteiger partial charge in [0, 0.05) is 13.1 Å². The van der Waals surface area contributed by atoms with E-state index in [2.05, 4.69) is 5.32 Å². The SMILES string of the molecule is NCCOc1ccc(F)cc1C(=O)NCCc1ccc(C(F)(F)F)cc1. The van der Waals surface area contributed by atoms with E-state index in [9.17, 15) is 22.4 Å². The molecule has 2 aromatic carbocycles. The average Bonchev–Trinajstić information content (AvgIpc) is 2.60. The standard InChI is InChI=1S/C18H18F4N2O2/c19-14-5-6-16(26-10-8-23)15(11-14)17(25)24-9-7-12-1-3-13(4-2-12)18(20,21)22/h1-6,11H,7-10,23H2,(H,24,25). The molecule has 0 saturated carbocycles. The van der Waals surface area contributed by atoms with Crippen molar-refractivity contribution < 1.29 is 27.1 Å². The molecule has 0 heterocycles. The topological polar surface area (TPSA) is 64.3 Å². The number of nitrogens with two attached hydrogens (primary N) is 1. The predicted octanol–water partition coefficient (Wildman–Crippen LogP) is 3.15. The van der Waals surface area contributed by atoms with Gasteiger partial charge in [0.25, 0.3) is 5.91 Å². The van der Waals surface area contributed by atoms with Crippen LogP contribution in [0.2, 0.25) is 0 Å². The number of carbonyl (C=O) groups is 1. The molecule has 0 aliphatic heterocycles. The van der Waals surface area contributed by atoms with E-state index in [-0.39, 0.29) is 31.0 Å². The Morgan fingerprint density at radius 2 is 1.81 bits per heavy atom. The smallest absolute Gasteiger partial charge is 0.416 e. The zero-order valence-electron chi connectivity index (χ0n) is 13.8. The molecule has 0 fully saturated rings. The molecule has 0 spiro atoms. The molecule has 26 heavy (non-hydrogen) atoms. The number of alkyl halides is 3. The van der Waals surface area contributed by atoms with Crippen LogP contribution in [0, 0.1) is 5.82 Å². The second-order valence-electron chi connectivity index (χ2n) is 5.48. The van der Waals surface area contributed by atoms with Gasteiger partial charge in [-0.1, -0.05) is 12.1 Å². The largest absolute Gasteiger partial charge is 0.491 e. The molecule has 8 heteroatoms. The zero-order valence-corrected chi connectivity index (χ0v) is 13.8. The van der Waals surface area contributed by atoms with Crippen molar-refractivity contribution in [3.63, 3.8) is 0 Å². The van der Waals surface area contributed by atoms with E-state index in [0.717, 1.165) is 18.2 Å². The molecule has 0 aliphatic carbocycles. The molecule has 0 aromatic heterocycles. The fourth-order valence-electron chi connectivity index (χ4n) is 2.25. The van der Waals surface area contributed by atoms with Crippen LogP contribution in [0.5, 0.6) is 5.75 Å². The van der Waals surface area contributed by atoms with Gasteiger partial charge < -0.3 is 15.8 Å². The second-order valence-corrected chi connectivity index (χ2v) is 5.48. The van der Waals surface area contributed by atoms with Crippen molar-refractivity contribution in [3.05, 3.63) is 65.0 Å². The van der Waals surface area contributed by atoms with E-state index >= 15 is 0 Å². The zero-order chi connectivity index (χ0) is 19.2. The average molecular weight is 370 g/mol. The third-order valence-corrected chi connectivity index (χ3v) is 3.54. The molecular formula is C18H18F4N2O2. The Balaban J connectivity index is 1.95. The predicted molar refractivity (Wildman–Crippen MR) is 88.4 cm³/mol. The number of halogens is 4. The number of hydrogen-bond donors (Lipinski definition) is 2. The highest BCUT2D eigenvalue weighted by Gasteiger charge is 2.29. The van der Waals surface area contributed by atoms with Gasteiger partial charge in [-0.2, -0.15) is 13.2 Å². The summed E-state index contributed by atoms with van der Waals surface area (Å²) in [6, 6.07) is 8.25. The molecule has 140 valence electrons. The van der Waals surface area contributed by atoms with E-state index in [1.165, 1.54) is 24.3 Å². The van der Waals surface area contributed by atoms with Crippen LogP contribution in [0.15, 0.2) is 42.5 Å². The van der Waals surface area contributed by atoms with Crippen LogP contribution >= 0.6 is 0 Å². The van der Waals surface area contributed by atoms with Gasteiger partial charge in [0.1, 0.15) is 18.2 Å². The normalized spacial score (nSPS) is 11.3. The Labute approximate surface area is 148 Å². The van der Waals surface area contributed by atoms with E-state index < -0.39 is 23.5 Å². The second kappa shape index (κ2) is 8.66. The van der Waals surface area contributed by atoms with Crippen molar-refractivity contribution in [2.45, 2.75) is 12.6 Å². The Morgan fingerprint density at radius 3 is 2.42 bits per heavy atom. The van der Waals surface area contributed by atoms with Crippen LogP contribution < -0.4 is 15.8 Å². The highest BCUT2D eigenvalue weighted by atomic mass is 19.4. The monoisotopic (exact) mass is 370 g/mol. The maximum atomic E-state index is 13.4. The summed E-state index contributed by atoms with van der Waals surface area (Å²) in [5, 5.41) is 2.60. The summed E-state index contributed by atoms with van der Waals surface area (Å²) in [6.07, 6.45) is -4.05. The Kier molecular flexibility index (Phi) is 6.57. The maximum absolute atomic E-state index is 13.4. The minimum Gasteiger partial charge on any atom is -0.491 e. The lowest BCUT2D eigenvalue weighted by molar-refractivity contribution is -0.137. The van der Waals surface area contributed by atoms with Gasteiger partial charge in [0.05, 0.1) is 11.1 Å². The number of amides is 1. The van der Waals surface area contributed by atoms with E-state index in [0.29, 0.717) is 12.0 Å². The molecule has 4 nitrogen and oxygen atoms in total. The molecule has 0 bridgehead atoms. The lowest BCUT2D eigenvalue weighted by atomic mass is 10.1. The van der Waals surface area contributed by atoms with Crippen molar-refractivity contribution in [2.24, 2.45) is 5.73 Å². The molecule has 2 rings (SSSR count). The molecular weight excluding hydrogens is 352 g/mol. The van der Waals surface area contributed by atoms with Crippen molar-refractivity contribution in [1.82, 2.24) is 5.32 Å². The highest BCUT2D eigenvalue weighted by molar-refractivity contribution is 5.96.